The van der Waals surface area contributed by atoms with Crippen molar-refractivity contribution in [1.29, 1.82) is 0 Å². The number of benzene rings is 1. The first-order valence-electron chi connectivity index (χ1n) is 16.2. The minimum absolute atomic E-state index is 0.0439. The van der Waals surface area contributed by atoms with Crippen molar-refractivity contribution in [2.75, 3.05) is 39.8 Å². The van der Waals surface area contributed by atoms with Crippen molar-refractivity contribution in [3.05, 3.63) is 46.6 Å². The maximum absolute atomic E-state index is 13.0. The lowest BCUT2D eigenvalue weighted by Crippen LogP contribution is -2.60. The van der Waals surface area contributed by atoms with Crippen molar-refractivity contribution in [3.63, 3.8) is 0 Å². The van der Waals surface area contributed by atoms with Gasteiger partial charge in [0.2, 0.25) is 24.0 Å². The number of likely N-dealkylation sites (N-methyl/N-ethyl adjacent to an activating group) is 1. The summed E-state index contributed by atoms with van der Waals surface area (Å²) < 4.78 is 11.4. The van der Waals surface area contributed by atoms with Crippen LogP contribution in [-0.2, 0) is 27.2 Å². The number of unbranched alkanes of at least 4 members (excludes halogenated alkanes) is 1. The quantitative estimate of drug-likeness (QED) is 0.170. The van der Waals surface area contributed by atoms with E-state index in [0.717, 1.165) is 48.3 Å². The first-order chi connectivity index (χ1) is 21.8. The summed E-state index contributed by atoms with van der Waals surface area (Å²) in [5.41, 5.74) is 2.85. The third kappa shape index (κ3) is 8.84. The van der Waals surface area contributed by atoms with E-state index >= 15 is 0 Å². The fraction of sp³-hybridized carbons (Fsp3) is 0.667. The molecule has 2 aromatic rings. The number of aliphatic hydroxyl groups is 4. The van der Waals surface area contributed by atoms with Crippen LogP contribution in [0, 0.1) is 0 Å². The summed E-state index contributed by atoms with van der Waals surface area (Å²) in [6, 6.07) is 8.17. The lowest BCUT2D eigenvalue weighted by Gasteiger charge is -2.39. The minimum atomic E-state index is -1.55. The highest BCUT2D eigenvalue weighted by atomic mass is 16.7. The molecule has 6 N–H and O–H groups in total. The molecule has 2 aliphatic heterocycles. The first-order valence-corrected chi connectivity index (χ1v) is 16.2. The van der Waals surface area contributed by atoms with E-state index < -0.39 is 42.9 Å². The first kappa shape index (κ1) is 35.8. The van der Waals surface area contributed by atoms with Crippen LogP contribution in [0.2, 0.25) is 0 Å². The molecule has 256 valence electrons. The van der Waals surface area contributed by atoms with Gasteiger partial charge in [0.25, 0.3) is 0 Å². The number of carbonyl (C=O) groups excluding carboxylic acids is 2. The van der Waals surface area contributed by atoms with E-state index in [0.29, 0.717) is 32.4 Å². The van der Waals surface area contributed by atoms with Crippen LogP contribution in [0.5, 0.6) is 5.88 Å². The fourth-order valence-electron chi connectivity index (χ4n) is 5.89. The molecule has 13 nitrogen and oxygen atoms in total. The number of rotatable bonds is 13. The standard InChI is InChI=1S/C33H51N5O8/c1-20(2)26-23(30(36-35-26)46-31-29(43)28(42)27(41)24(19-39)45-31)18-22-12-10-21(11-13-22)8-6-7-9-25(40)34-33(3,4)32(44)38-16-14-37(5)15-17-38/h10-13,20,24,27-29,31,39,41-43H,6-9,14-19H2,1-5H3,(H,34,40)(H,35,36)/t24-,27+,28+,29-,31+/m1/s1. The molecule has 0 radical (unpaired) electrons. The van der Waals surface area contributed by atoms with Gasteiger partial charge < -0.3 is 45.0 Å². The topological polar surface area (TPSA) is 181 Å². The number of aryl methyl sites for hydroxylation is 1. The van der Waals surface area contributed by atoms with Crippen LogP contribution in [0.3, 0.4) is 0 Å². The molecule has 2 saturated heterocycles. The number of aromatic amines is 1. The zero-order valence-corrected chi connectivity index (χ0v) is 27.6. The predicted molar refractivity (Wildman–Crippen MR) is 170 cm³/mol. The molecule has 2 aliphatic rings. The van der Waals surface area contributed by atoms with Gasteiger partial charge in [0.15, 0.2) is 0 Å². The third-order valence-corrected chi connectivity index (χ3v) is 8.81. The van der Waals surface area contributed by atoms with Gasteiger partial charge in [-0.3, -0.25) is 14.7 Å². The lowest BCUT2D eigenvalue weighted by molar-refractivity contribution is -0.278. The van der Waals surface area contributed by atoms with E-state index in [4.69, 9.17) is 9.47 Å². The molecule has 13 heteroatoms. The van der Waals surface area contributed by atoms with E-state index in [-0.39, 0.29) is 23.6 Å². The van der Waals surface area contributed by atoms with E-state index in [9.17, 15) is 30.0 Å². The van der Waals surface area contributed by atoms with Crippen LogP contribution in [0.1, 0.15) is 75.3 Å². The highest BCUT2D eigenvalue weighted by Gasteiger charge is 2.45. The summed E-state index contributed by atoms with van der Waals surface area (Å²) >= 11 is 0. The Kier molecular flexibility index (Phi) is 12.2. The van der Waals surface area contributed by atoms with Gasteiger partial charge in [-0.05, 0) is 57.2 Å². The molecule has 5 atom stereocenters. The number of nitrogens with zero attached hydrogens (tertiary/aromatic N) is 3. The zero-order valence-electron chi connectivity index (χ0n) is 27.6. The summed E-state index contributed by atoms with van der Waals surface area (Å²) in [4.78, 5) is 29.6. The second kappa shape index (κ2) is 15.7. The van der Waals surface area contributed by atoms with Gasteiger partial charge in [-0.1, -0.05) is 38.1 Å². The van der Waals surface area contributed by atoms with Gasteiger partial charge in [0.05, 0.1) is 6.61 Å². The van der Waals surface area contributed by atoms with Crippen molar-refractivity contribution in [2.45, 2.75) is 102 Å². The van der Waals surface area contributed by atoms with E-state index in [2.05, 4.69) is 32.5 Å². The Morgan fingerprint density at radius 2 is 1.70 bits per heavy atom. The summed E-state index contributed by atoms with van der Waals surface area (Å²) in [5.74, 6) is 0.147. The van der Waals surface area contributed by atoms with Gasteiger partial charge >= 0.3 is 0 Å². The Bertz CT molecular complexity index is 1290. The van der Waals surface area contributed by atoms with E-state index in [1.54, 1.807) is 13.8 Å². The SMILES string of the molecule is CC(C)c1[nH]nc(O[C@@H]2O[C@H](CO)[C@H](O)[C@H](O)[C@H]2O)c1Cc1ccc(CCCCC(=O)NC(C)(C)C(=O)N2CCN(C)CC2)cc1. The largest absolute Gasteiger partial charge is 0.443 e. The molecule has 0 aliphatic carbocycles. The van der Waals surface area contributed by atoms with Crippen LogP contribution in [0.15, 0.2) is 24.3 Å². The van der Waals surface area contributed by atoms with E-state index in [1.165, 1.54) is 0 Å². The van der Waals surface area contributed by atoms with Gasteiger partial charge in [-0.15, -0.1) is 5.10 Å². The normalized spacial score (nSPS) is 24.3. The molecule has 1 aromatic carbocycles. The number of aliphatic hydroxyl groups excluding tert-OH is 4. The number of nitrogens with one attached hydrogen (secondary N) is 2. The molecule has 0 bridgehead atoms. The monoisotopic (exact) mass is 645 g/mol. The fourth-order valence-corrected chi connectivity index (χ4v) is 5.89. The average Bonchev–Trinajstić information content (AvgIpc) is 3.42. The molecule has 46 heavy (non-hydrogen) atoms. The second-order valence-electron chi connectivity index (χ2n) is 13.4. The highest BCUT2D eigenvalue weighted by molar-refractivity contribution is 5.90. The van der Waals surface area contributed by atoms with Crippen LogP contribution < -0.4 is 10.1 Å². The minimum Gasteiger partial charge on any atom is -0.443 e. The summed E-state index contributed by atoms with van der Waals surface area (Å²) in [6.45, 7) is 10.0. The number of hydrogen-bond donors (Lipinski definition) is 6. The number of aromatic nitrogens is 2. The average molecular weight is 646 g/mol. The molecule has 0 unspecified atom stereocenters. The number of carbonyl (C=O) groups is 2. The summed E-state index contributed by atoms with van der Waals surface area (Å²) in [7, 11) is 2.04. The summed E-state index contributed by atoms with van der Waals surface area (Å²) in [6.07, 6.45) is -3.78. The molecule has 2 amide bonds. The number of piperazine rings is 1. The maximum atomic E-state index is 13.0. The zero-order chi connectivity index (χ0) is 33.6. The highest BCUT2D eigenvalue weighted by Crippen LogP contribution is 2.31. The number of amides is 2. The third-order valence-electron chi connectivity index (χ3n) is 8.81. The molecule has 0 spiro atoms. The number of H-pyrrole nitrogens is 1. The van der Waals surface area contributed by atoms with Crippen LogP contribution in [0.25, 0.3) is 0 Å². The van der Waals surface area contributed by atoms with Crippen LogP contribution in [0.4, 0.5) is 0 Å². The molecule has 2 fully saturated rings. The lowest BCUT2D eigenvalue weighted by atomic mass is 9.97. The Balaban J connectivity index is 1.28. The molecule has 3 heterocycles. The second-order valence-corrected chi connectivity index (χ2v) is 13.4. The number of hydrogen-bond acceptors (Lipinski definition) is 10. The Hall–Kier alpha value is -3.07. The van der Waals surface area contributed by atoms with Crippen molar-refractivity contribution >= 4 is 11.8 Å². The van der Waals surface area contributed by atoms with Crippen molar-refractivity contribution < 1.29 is 39.5 Å². The smallest absolute Gasteiger partial charge is 0.247 e. The van der Waals surface area contributed by atoms with Gasteiger partial charge in [-0.2, -0.15) is 0 Å². The maximum Gasteiger partial charge on any atom is 0.247 e. The molecular weight excluding hydrogens is 594 g/mol. The Labute approximate surface area is 270 Å². The van der Waals surface area contributed by atoms with E-state index in [1.807, 2.05) is 37.9 Å². The molecular formula is C33H51N5O8. The number of ether oxygens (including phenoxy) is 2. The van der Waals surface area contributed by atoms with Gasteiger partial charge in [-0.25, -0.2) is 0 Å². The van der Waals surface area contributed by atoms with Gasteiger partial charge in [0, 0.05) is 50.3 Å². The predicted octanol–water partition coefficient (Wildman–Crippen LogP) is 0.684. The Morgan fingerprint density at radius 1 is 1.04 bits per heavy atom. The molecule has 1 aromatic heterocycles. The van der Waals surface area contributed by atoms with Crippen LogP contribution >= 0.6 is 0 Å². The molecule has 4 rings (SSSR count). The molecule has 0 saturated carbocycles. The van der Waals surface area contributed by atoms with Gasteiger partial charge in [0.1, 0.15) is 30.0 Å². The van der Waals surface area contributed by atoms with Crippen LogP contribution in [-0.4, -0.2) is 128 Å². The van der Waals surface area contributed by atoms with Crippen molar-refractivity contribution in [3.8, 4) is 5.88 Å². The van der Waals surface area contributed by atoms with Crippen molar-refractivity contribution in [1.82, 2.24) is 25.3 Å². The van der Waals surface area contributed by atoms with Crippen molar-refractivity contribution in [2.24, 2.45) is 0 Å². The summed E-state index contributed by atoms with van der Waals surface area (Å²) in [5, 5.41) is 50.4. The Morgan fingerprint density at radius 3 is 2.33 bits per heavy atom.